The number of amides is 1. The lowest BCUT2D eigenvalue weighted by Gasteiger charge is -2.31. The zero-order valence-corrected chi connectivity index (χ0v) is 13.5. The van der Waals surface area contributed by atoms with Crippen molar-refractivity contribution in [2.45, 2.75) is 52.1 Å². The largest absolute Gasteiger partial charge is 0.369 e. The van der Waals surface area contributed by atoms with E-state index < -0.39 is 0 Å². The number of primary amides is 1. The van der Waals surface area contributed by atoms with Gasteiger partial charge in [-0.3, -0.25) is 9.69 Å². The molecule has 0 aromatic heterocycles. The molecular weight excluding hydrogens is 272 g/mol. The third kappa shape index (κ3) is 4.50. The van der Waals surface area contributed by atoms with Crippen molar-refractivity contribution in [2.75, 3.05) is 6.54 Å². The van der Waals surface area contributed by atoms with Crippen LogP contribution in [0.4, 0.5) is 0 Å². The van der Waals surface area contributed by atoms with Gasteiger partial charge in [-0.25, -0.2) is 0 Å². The molecule has 3 nitrogen and oxygen atoms in total. The average molecular weight is 297 g/mol. The van der Waals surface area contributed by atoms with Gasteiger partial charge in [0.2, 0.25) is 5.91 Å². The van der Waals surface area contributed by atoms with Crippen LogP contribution in [0.2, 0.25) is 5.02 Å². The molecule has 0 aliphatic carbocycles. The number of halogens is 1. The highest BCUT2D eigenvalue weighted by Gasteiger charge is 2.22. The summed E-state index contributed by atoms with van der Waals surface area (Å²) in [6.07, 6.45) is 0.690. The second-order valence-electron chi connectivity index (χ2n) is 5.69. The second kappa shape index (κ2) is 7.65. The average Bonchev–Trinajstić information content (AvgIpc) is 2.34. The monoisotopic (exact) mass is 296 g/mol. The van der Waals surface area contributed by atoms with Crippen LogP contribution >= 0.6 is 11.6 Å². The molecule has 0 fully saturated rings. The zero-order chi connectivity index (χ0) is 15.3. The number of rotatable bonds is 7. The number of nitrogens with two attached hydrogens (primary N) is 1. The lowest BCUT2D eigenvalue weighted by atomic mass is 9.94. The van der Waals surface area contributed by atoms with E-state index >= 15 is 0 Å². The molecule has 2 N–H and O–H groups in total. The van der Waals surface area contributed by atoms with Gasteiger partial charge >= 0.3 is 0 Å². The van der Waals surface area contributed by atoms with Crippen molar-refractivity contribution in [1.82, 2.24) is 4.90 Å². The van der Waals surface area contributed by atoms with Gasteiger partial charge in [-0.05, 0) is 52.3 Å². The first-order valence-electron chi connectivity index (χ1n) is 7.14. The maximum absolute atomic E-state index is 11.7. The van der Waals surface area contributed by atoms with Gasteiger partial charge in [-0.2, -0.15) is 0 Å². The van der Waals surface area contributed by atoms with Crippen LogP contribution in [0.1, 0.15) is 45.6 Å². The Hall–Kier alpha value is -1.06. The molecule has 0 saturated carbocycles. The van der Waals surface area contributed by atoms with Crippen molar-refractivity contribution in [3.63, 3.8) is 0 Å². The van der Waals surface area contributed by atoms with E-state index in [1.165, 1.54) is 0 Å². The SMILES string of the molecule is CC(C)N(CCC(C(N)=O)c1ccccc1Cl)C(C)C. The molecule has 0 aliphatic heterocycles. The molecule has 1 rings (SSSR count). The van der Waals surface area contributed by atoms with Crippen LogP contribution in [0.25, 0.3) is 0 Å². The summed E-state index contributed by atoms with van der Waals surface area (Å²) in [4.78, 5) is 14.1. The lowest BCUT2D eigenvalue weighted by molar-refractivity contribution is -0.119. The number of hydrogen-bond donors (Lipinski definition) is 1. The standard InChI is InChI=1S/C16H25ClN2O/c1-11(2)19(12(3)4)10-9-14(16(18)20)13-7-5-6-8-15(13)17/h5-8,11-12,14H,9-10H2,1-4H3,(H2,18,20). The fourth-order valence-corrected chi connectivity index (χ4v) is 2.87. The molecule has 1 amide bonds. The highest BCUT2D eigenvalue weighted by molar-refractivity contribution is 6.31. The summed E-state index contributed by atoms with van der Waals surface area (Å²) >= 11 is 6.18. The van der Waals surface area contributed by atoms with E-state index in [1.54, 1.807) is 6.07 Å². The maximum Gasteiger partial charge on any atom is 0.225 e. The Balaban J connectivity index is 2.84. The van der Waals surface area contributed by atoms with Crippen molar-refractivity contribution in [2.24, 2.45) is 5.73 Å². The summed E-state index contributed by atoms with van der Waals surface area (Å²) in [5, 5.41) is 0.608. The molecule has 1 unspecified atom stereocenters. The van der Waals surface area contributed by atoms with Crippen molar-refractivity contribution >= 4 is 17.5 Å². The summed E-state index contributed by atoms with van der Waals surface area (Å²) in [5.74, 6) is -0.644. The Kier molecular flexibility index (Phi) is 6.50. The van der Waals surface area contributed by atoms with Gasteiger partial charge in [0.25, 0.3) is 0 Å². The van der Waals surface area contributed by atoms with Crippen molar-refractivity contribution in [1.29, 1.82) is 0 Å². The van der Waals surface area contributed by atoms with Crippen LogP contribution in [0.3, 0.4) is 0 Å². The summed E-state index contributed by atoms with van der Waals surface area (Å²) in [5.41, 5.74) is 6.39. The minimum absolute atomic E-state index is 0.314. The van der Waals surface area contributed by atoms with E-state index in [0.717, 1.165) is 12.1 Å². The maximum atomic E-state index is 11.7. The lowest BCUT2D eigenvalue weighted by Crippen LogP contribution is -2.39. The smallest absolute Gasteiger partial charge is 0.225 e. The summed E-state index contributed by atoms with van der Waals surface area (Å²) < 4.78 is 0. The first-order valence-corrected chi connectivity index (χ1v) is 7.51. The number of benzene rings is 1. The van der Waals surface area contributed by atoms with Gasteiger partial charge in [0, 0.05) is 17.1 Å². The Morgan fingerprint density at radius 2 is 1.75 bits per heavy atom. The van der Waals surface area contributed by atoms with Crippen LogP contribution in [0.5, 0.6) is 0 Å². The Morgan fingerprint density at radius 1 is 1.20 bits per heavy atom. The summed E-state index contributed by atoms with van der Waals surface area (Å²) in [6.45, 7) is 9.47. The molecule has 1 aromatic rings. The highest BCUT2D eigenvalue weighted by Crippen LogP contribution is 2.27. The van der Waals surface area contributed by atoms with E-state index in [9.17, 15) is 4.79 Å². The molecule has 112 valence electrons. The summed E-state index contributed by atoms with van der Waals surface area (Å²) in [7, 11) is 0. The Labute approximate surface area is 127 Å². The van der Waals surface area contributed by atoms with Crippen LogP contribution in [0, 0.1) is 0 Å². The fourth-order valence-electron chi connectivity index (χ4n) is 2.60. The number of carbonyl (C=O) groups excluding carboxylic acids is 1. The zero-order valence-electron chi connectivity index (χ0n) is 12.8. The van der Waals surface area contributed by atoms with E-state index in [2.05, 4.69) is 32.6 Å². The molecule has 1 atom stereocenters. The first-order chi connectivity index (χ1) is 9.34. The van der Waals surface area contributed by atoms with E-state index in [-0.39, 0.29) is 11.8 Å². The highest BCUT2D eigenvalue weighted by atomic mass is 35.5. The number of nitrogens with zero attached hydrogens (tertiary/aromatic N) is 1. The molecule has 0 saturated heterocycles. The quantitative estimate of drug-likeness (QED) is 0.838. The fraction of sp³-hybridized carbons (Fsp3) is 0.562. The van der Waals surface area contributed by atoms with E-state index in [4.69, 9.17) is 17.3 Å². The molecule has 0 aliphatic rings. The topological polar surface area (TPSA) is 46.3 Å². The van der Waals surface area contributed by atoms with Crippen LogP contribution in [-0.4, -0.2) is 29.4 Å². The Bertz CT molecular complexity index is 438. The van der Waals surface area contributed by atoms with Gasteiger partial charge in [0.05, 0.1) is 5.92 Å². The first kappa shape index (κ1) is 17.0. The normalized spacial score (nSPS) is 13.2. The van der Waals surface area contributed by atoms with E-state index in [0.29, 0.717) is 23.5 Å². The van der Waals surface area contributed by atoms with Gasteiger partial charge in [-0.15, -0.1) is 0 Å². The molecule has 4 heteroatoms. The predicted molar refractivity (Wildman–Crippen MR) is 85.0 cm³/mol. The molecule has 20 heavy (non-hydrogen) atoms. The minimum atomic E-state index is -0.330. The number of carbonyl (C=O) groups is 1. The van der Waals surface area contributed by atoms with Crippen LogP contribution in [-0.2, 0) is 4.79 Å². The molecule has 0 spiro atoms. The van der Waals surface area contributed by atoms with Gasteiger partial charge in [-0.1, -0.05) is 29.8 Å². The van der Waals surface area contributed by atoms with Gasteiger partial charge in [0.15, 0.2) is 0 Å². The van der Waals surface area contributed by atoms with E-state index in [1.807, 2.05) is 18.2 Å². The van der Waals surface area contributed by atoms with Crippen molar-refractivity contribution in [3.05, 3.63) is 34.9 Å². The third-order valence-corrected chi connectivity index (χ3v) is 3.97. The second-order valence-corrected chi connectivity index (χ2v) is 6.10. The molecule has 0 heterocycles. The van der Waals surface area contributed by atoms with Gasteiger partial charge < -0.3 is 5.73 Å². The Morgan fingerprint density at radius 3 is 2.20 bits per heavy atom. The summed E-state index contributed by atoms with van der Waals surface area (Å²) in [6, 6.07) is 8.31. The van der Waals surface area contributed by atoms with Gasteiger partial charge in [0.1, 0.15) is 0 Å². The molecule has 0 radical (unpaired) electrons. The van der Waals surface area contributed by atoms with Crippen molar-refractivity contribution < 1.29 is 4.79 Å². The minimum Gasteiger partial charge on any atom is -0.369 e. The molecule has 0 bridgehead atoms. The predicted octanol–water partition coefficient (Wildman–Crippen LogP) is 3.42. The third-order valence-electron chi connectivity index (χ3n) is 3.63. The number of hydrogen-bond acceptors (Lipinski definition) is 2. The molecule has 1 aromatic carbocycles. The van der Waals surface area contributed by atoms with Crippen LogP contribution < -0.4 is 5.73 Å². The van der Waals surface area contributed by atoms with Crippen LogP contribution in [0.15, 0.2) is 24.3 Å². The van der Waals surface area contributed by atoms with Crippen molar-refractivity contribution in [3.8, 4) is 0 Å². The molecular formula is C16H25ClN2O.